The van der Waals surface area contributed by atoms with E-state index in [0.717, 1.165) is 16.8 Å². The first-order valence-corrected chi connectivity index (χ1v) is 6.63. The van der Waals surface area contributed by atoms with Crippen molar-refractivity contribution < 1.29 is 9.47 Å². The highest BCUT2D eigenvalue weighted by Gasteiger charge is 2.22. The van der Waals surface area contributed by atoms with E-state index < -0.39 is 0 Å². The van der Waals surface area contributed by atoms with Crippen molar-refractivity contribution in [3.63, 3.8) is 0 Å². The molecule has 0 aliphatic heterocycles. The van der Waals surface area contributed by atoms with Crippen LogP contribution in [0.1, 0.15) is 25.3 Å². The maximum atomic E-state index is 6.48. The number of nitrogens with zero attached hydrogens (tertiary/aromatic N) is 1. The van der Waals surface area contributed by atoms with Crippen LogP contribution in [0.15, 0.2) is 12.1 Å². The summed E-state index contributed by atoms with van der Waals surface area (Å²) in [5.41, 5.74) is 8.35. The van der Waals surface area contributed by atoms with Gasteiger partial charge in [0.2, 0.25) is 0 Å². The number of methoxy groups -OCH3 is 2. The van der Waals surface area contributed by atoms with Gasteiger partial charge >= 0.3 is 0 Å². The summed E-state index contributed by atoms with van der Waals surface area (Å²) in [6.45, 7) is 4.13. The van der Waals surface area contributed by atoms with Gasteiger partial charge in [-0.15, -0.1) is 0 Å². The number of H-pyrrole nitrogens is 1. The second kappa shape index (κ2) is 5.63. The van der Waals surface area contributed by atoms with Crippen LogP contribution in [0.5, 0.6) is 11.5 Å². The number of halogens is 1. The highest BCUT2D eigenvalue weighted by molar-refractivity contribution is 6.33. The van der Waals surface area contributed by atoms with Gasteiger partial charge in [0.05, 0.1) is 24.9 Å². The fourth-order valence-electron chi connectivity index (χ4n) is 2.23. The van der Waals surface area contributed by atoms with Crippen LogP contribution in [-0.4, -0.2) is 24.4 Å². The largest absolute Gasteiger partial charge is 0.493 e. The van der Waals surface area contributed by atoms with Crippen LogP contribution in [0.2, 0.25) is 5.02 Å². The Kier molecular flexibility index (Phi) is 4.09. The lowest BCUT2D eigenvalue weighted by Crippen LogP contribution is -2.00. The van der Waals surface area contributed by atoms with Crippen molar-refractivity contribution in [2.75, 3.05) is 20.0 Å². The van der Waals surface area contributed by atoms with E-state index in [2.05, 4.69) is 24.0 Å². The van der Waals surface area contributed by atoms with Crippen LogP contribution >= 0.6 is 11.6 Å². The van der Waals surface area contributed by atoms with Crippen molar-refractivity contribution in [2.45, 2.75) is 19.8 Å². The van der Waals surface area contributed by atoms with Gasteiger partial charge in [0.1, 0.15) is 5.82 Å². The molecule has 1 heterocycles. The second-order valence-corrected chi connectivity index (χ2v) is 5.13. The van der Waals surface area contributed by atoms with Gasteiger partial charge in [-0.2, -0.15) is 5.10 Å². The molecule has 5 nitrogen and oxygen atoms in total. The molecule has 0 saturated heterocycles. The van der Waals surface area contributed by atoms with Crippen molar-refractivity contribution in [3.05, 3.63) is 22.7 Å². The Hall–Kier alpha value is -1.88. The van der Waals surface area contributed by atoms with Crippen LogP contribution in [0.3, 0.4) is 0 Å². The molecule has 0 aliphatic carbocycles. The quantitative estimate of drug-likeness (QED) is 0.906. The minimum atomic E-state index is 0.210. The number of anilines is 1. The summed E-state index contributed by atoms with van der Waals surface area (Å²) in [7, 11) is 3.15. The molecule has 0 saturated carbocycles. The Bertz CT molecular complexity index is 623. The zero-order chi connectivity index (χ0) is 14.9. The molecular weight excluding hydrogens is 278 g/mol. The third-order valence-corrected chi connectivity index (χ3v) is 3.49. The van der Waals surface area contributed by atoms with Crippen LogP contribution < -0.4 is 15.2 Å². The van der Waals surface area contributed by atoms with Gasteiger partial charge < -0.3 is 15.2 Å². The van der Waals surface area contributed by atoms with E-state index in [9.17, 15) is 0 Å². The first kappa shape index (κ1) is 14.5. The highest BCUT2D eigenvalue weighted by Crippen LogP contribution is 2.45. The molecule has 108 valence electrons. The summed E-state index contributed by atoms with van der Waals surface area (Å²) >= 11 is 6.48. The van der Waals surface area contributed by atoms with E-state index in [-0.39, 0.29) is 5.92 Å². The number of benzene rings is 1. The van der Waals surface area contributed by atoms with Crippen LogP contribution in [0.25, 0.3) is 11.3 Å². The number of aromatic nitrogens is 2. The number of nitrogen functional groups attached to an aromatic ring is 1. The topological polar surface area (TPSA) is 73.2 Å². The molecule has 1 aromatic carbocycles. The van der Waals surface area contributed by atoms with Crippen LogP contribution in [0, 0.1) is 0 Å². The third-order valence-electron chi connectivity index (χ3n) is 3.11. The maximum absolute atomic E-state index is 6.48. The van der Waals surface area contributed by atoms with E-state index >= 15 is 0 Å². The molecule has 1 aromatic heterocycles. The van der Waals surface area contributed by atoms with Gasteiger partial charge in [-0.1, -0.05) is 25.4 Å². The maximum Gasteiger partial charge on any atom is 0.179 e. The molecule has 0 aliphatic rings. The molecule has 2 rings (SSSR count). The fraction of sp³-hybridized carbons (Fsp3) is 0.357. The first-order valence-electron chi connectivity index (χ1n) is 6.25. The van der Waals surface area contributed by atoms with Crippen LogP contribution in [0.4, 0.5) is 5.82 Å². The normalized spacial score (nSPS) is 10.9. The monoisotopic (exact) mass is 295 g/mol. The van der Waals surface area contributed by atoms with Crippen molar-refractivity contribution in [3.8, 4) is 22.8 Å². The number of nitrogens with one attached hydrogen (secondary N) is 1. The SMILES string of the molecule is COc1cc(-c2cc(N)n[nH]2)c(C(C)C)c(Cl)c1OC. The molecule has 0 unspecified atom stereocenters. The number of aromatic amines is 1. The Labute approximate surface area is 123 Å². The Morgan fingerprint density at radius 3 is 2.40 bits per heavy atom. The fourth-order valence-corrected chi connectivity index (χ4v) is 2.72. The minimum absolute atomic E-state index is 0.210. The van der Waals surface area contributed by atoms with E-state index in [1.807, 2.05) is 6.07 Å². The van der Waals surface area contributed by atoms with E-state index in [1.54, 1.807) is 20.3 Å². The number of hydrogen-bond donors (Lipinski definition) is 2. The summed E-state index contributed by atoms with van der Waals surface area (Å²) in [6, 6.07) is 3.65. The van der Waals surface area contributed by atoms with E-state index in [1.165, 1.54) is 0 Å². The van der Waals surface area contributed by atoms with Crippen molar-refractivity contribution in [2.24, 2.45) is 0 Å². The summed E-state index contributed by atoms with van der Waals surface area (Å²) < 4.78 is 10.7. The molecule has 0 fully saturated rings. The lowest BCUT2D eigenvalue weighted by Gasteiger charge is -2.19. The Morgan fingerprint density at radius 2 is 1.95 bits per heavy atom. The van der Waals surface area contributed by atoms with Crippen LogP contribution in [-0.2, 0) is 0 Å². The third kappa shape index (κ3) is 2.41. The zero-order valence-corrected chi connectivity index (χ0v) is 12.7. The summed E-state index contributed by atoms with van der Waals surface area (Å²) in [5, 5.41) is 7.41. The number of hydrogen-bond acceptors (Lipinski definition) is 4. The molecule has 20 heavy (non-hydrogen) atoms. The second-order valence-electron chi connectivity index (χ2n) is 4.75. The molecule has 0 bridgehead atoms. The summed E-state index contributed by atoms with van der Waals surface area (Å²) in [6.07, 6.45) is 0. The smallest absolute Gasteiger partial charge is 0.179 e. The average molecular weight is 296 g/mol. The molecule has 6 heteroatoms. The Morgan fingerprint density at radius 1 is 1.25 bits per heavy atom. The highest BCUT2D eigenvalue weighted by atomic mass is 35.5. The molecule has 0 amide bonds. The molecule has 0 radical (unpaired) electrons. The van der Waals surface area contributed by atoms with E-state index in [0.29, 0.717) is 22.3 Å². The van der Waals surface area contributed by atoms with Gasteiger partial charge in [-0.05, 0) is 17.5 Å². The van der Waals surface area contributed by atoms with Crippen molar-refractivity contribution >= 4 is 17.4 Å². The van der Waals surface area contributed by atoms with Crippen molar-refractivity contribution in [1.82, 2.24) is 10.2 Å². The van der Waals surface area contributed by atoms with Gasteiger partial charge in [0.15, 0.2) is 11.5 Å². The van der Waals surface area contributed by atoms with Gasteiger partial charge in [-0.3, -0.25) is 5.10 Å². The van der Waals surface area contributed by atoms with E-state index in [4.69, 9.17) is 26.8 Å². The van der Waals surface area contributed by atoms with Gasteiger partial charge in [-0.25, -0.2) is 0 Å². The number of rotatable bonds is 4. The minimum Gasteiger partial charge on any atom is -0.493 e. The first-order chi connectivity index (χ1) is 9.49. The lowest BCUT2D eigenvalue weighted by molar-refractivity contribution is 0.354. The molecular formula is C14H18ClN3O2. The molecule has 0 spiro atoms. The standard InChI is InChI=1S/C14H18ClN3O2/c1-7(2)12-8(9-6-11(16)18-17-9)5-10(19-3)14(20-4)13(12)15/h5-7H,1-4H3,(H3,16,17,18). The number of ether oxygens (including phenoxy) is 2. The average Bonchev–Trinajstić information content (AvgIpc) is 2.83. The predicted molar refractivity (Wildman–Crippen MR) is 80.6 cm³/mol. The van der Waals surface area contributed by atoms with Gasteiger partial charge in [0.25, 0.3) is 0 Å². The predicted octanol–water partition coefficient (Wildman–Crippen LogP) is 3.45. The van der Waals surface area contributed by atoms with Gasteiger partial charge in [0, 0.05) is 11.6 Å². The molecule has 2 aromatic rings. The Balaban J connectivity index is 2.75. The lowest BCUT2D eigenvalue weighted by atomic mass is 9.94. The summed E-state index contributed by atoms with van der Waals surface area (Å²) in [5.74, 6) is 1.75. The summed E-state index contributed by atoms with van der Waals surface area (Å²) in [4.78, 5) is 0. The number of nitrogens with two attached hydrogens (primary N) is 1. The molecule has 0 atom stereocenters. The molecule has 3 N–H and O–H groups in total. The van der Waals surface area contributed by atoms with Crippen molar-refractivity contribution in [1.29, 1.82) is 0 Å². The zero-order valence-electron chi connectivity index (χ0n) is 12.0.